The van der Waals surface area contributed by atoms with Crippen LogP contribution in [-0.2, 0) is 16.6 Å². The van der Waals surface area contributed by atoms with Gasteiger partial charge in [0.1, 0.15) is 12.4 Å². The van der Waals surface area contributed by atoms with E-state index in [0.717, 1.165) is 11.1 Å². The second kappa shape index (κ2) is 13.3. The molecule has 224 valence electrons. The Morgan fingerprint density at radius 2 is 1.61 bits per heavy atom. The van der Waals surface area contributed by atoms with Gasteiger partial charge < -0.3 is 18.9 Å². The van der Waals surface area contributed by atoms with Crippen LogP contribution >= 0.6 is 0 Å². The highest BCUT2D eigenvalue weighted by atomic mass is 32.2. The Bertz CT molecular complexity index is 1880. The monoisotopic (exact) mass is 610 g/mol. The number of hydrogen-bond acceptors (Lipinski definition) is 9. The minimum Gasteiger partial charge on any atom is -0.493 e. The smallest absolute Gasteiger partial charge is 0.280 e. The summed E-state index contributed by atoms with van der Waals surface area (Å²) in [6, 6.07) is 26.8. The molecule has 0 atom stereocenters. The van der Waals surface area contributed by atoms with E-state index in [0.29, 0.717) is 35.0 Å². The topological polar surface area (TPSA) is 122 Å². The van der Waals surface area contributed by atoms with E-state index in [-0.39, 0.29) is 28.3 Å². The number of rotatable bonds is 12. The Morgan fingerprint density at radius 3 is 2.30 bits per heavy atom. The summed E-state index contributed by atoms with van der Waals surface area (Å²) in [4.78, 5) is 13.3. The number of ether oxygens (including phenoxy) is 4. The largest absolute Gasteiger partial charge is 0.493 e. The standard InChI is InChI=1S/C33H30N4O6S/c1-22(2)25-17-18-29(34-20-25)44(38,39)37-32-30(43-28-16-9-8-15-27(28)40-3)33(41-4)36-31(35-32)24-13-10-14-26(19-24)42-21-23-11-6-5-7-12-23/h5-20H,1,21H2,2-4H3,(H,35,36,37). The number of pyridine rings is 1. The number of nitrogens with zero attached hydrogens (tertiary/aromatic N) is 3. The van der Waals surface area contributed by atoms with Crippen LogP contribution in [0.3, 0.4) is 0 Å². The fraction of sp³-hybridized carbons (Fsp3) is 0.121. The lowest BCUT2D eigenvalue weighted by molar-refractivity contribution is 0.306. The van der Waals surface area contributed by atoms with Crippen LogP contribution in [0, 0.1) is 0 Å². The molecule has 0 aliphatic rings. The highest BCUT2D eigenvalue weighted by Gasteiger charge is 2.26. The molecule has 44 heavy (non-hydrogen) atoms. The van der Waals surface area contributed by atoms with Crippen LogP contribution in [0.25, 0.3) is 17.0 Å². The van der Waals surface area contributed by atoms with E-state index in [4.69, 9.17) is 18.9 Å². The van der Waals surface area contributed by atoms with Crippen molar-refractivity contribution in [2.24, 2.45) is 0 Å². The van der Waals surface area contributed by atoms with Crippen molar-refractivity contribution in [3.63, 3.8) is 0 Å². The fourth-order valence-electron chi connectivity index (χ4n) is 4.11. The van der Waals surface area contributed by atoms with E-state index in [2.05, 4.69) is 26.3 Å². The Balaban J connectivity index is 1.56. The molecule has 2 heterocycles. The predicted octanol–water partition coefficient (Wildman–Crippen LogP) is 6.76. The maximum Gasteiger partial charge on any atom is 0.280 e. The third-order valence-corrected chi connectivity index (χ3v) is 7.64. The lowest BCUT2D eigenvalue weighted by atomic mass is 10.2. The summed E-state index contributed by atoms with van der Waals surface area (Å²) in [7, 11) is -1.33. The zero-order valence-electron chi connectivity index (χ0n) is 24.4. The number of sulfonamides is 1. The summed E-state index contributed by atoms with van der Waals surface area (Å²) in [6.45, 7) is 6.04. The average molecular weight is 611 g/mol. The predicted molar refractivity (Wildman–Crippen MR) is 168 cm³/mol. The molecular formula is C33H30N4O6S. The van der Waals surface area contributed by atoms with Crippen LogP contribution in [0.15, 0.2) is 109 Å². The highest BCUT2D eigenvalue weighted by molar-refractivity contribution is 7.92. The molecule has 1 N–H and O–H groups in total. The van der Waals surface area contributed by atoms with E-state index in [9.17, 15) is 8.42 Å². The Labute approximate surface area is 256 Å². The van der Waals surface area contributed by atoms with E-state index < -0.39 is 10.0 Å². The SMILES string of the molecule is C=C(C)c1ccc(S(=O)(=O)Nc2nc(-c3cccc(OCc4ccccc4)c3)nc(OC)c2Oc2ccccc2OC)nc1. The van der Waals surface area contributed by atoms with Gasteiger partial charge in [0.25, 0.3) is 15.9 Å². The number of allylic oxidation sites excluding steroid dienone is 1. The molecule has 0 spiro atoms. The summed E-state index contributed by atoms with van der Waals surface area (Å²) in [5.74, 6) is 1.20. The first-order valence-corrected chi connectivity index (χ1v) is 14.9. The van der Waals surface area contributed by atoms with Crippen molar-refractivity contribution in [2.75, 3.05) is 18.9 Å². The summed E-state index contributed by atoms with van der Waals surface area (Å²) >= 11 is 0. The van der Waals surface area contributed by atoms with Crippen LogP contribution in [-0.4, -0.2) is 37.6 Å². The second-order valence-electron chi connectivity index (χ2n) is 9.56. The van der Waals surface area contributed by atoms with Crippen molar-refractivity contribution in [1.82, 2.24) is 15.0 Å². The van der Waals surface area contributed by atoms with Gasteiger partial charge in [-0.15, -0.1) is 0 Å². The molecular weight excluding hydrogens is 580 g/mol. The molecule has 5 aromatic rings. The highest BCUT2D eigenvalue weighted by Crippen LogP contribution is 2.41. The van der Waals surface area contributed by atoms with Crippen LogP contribution in [0.1, 0.15) is 18.1 Å². The minimum atomic E-state index is -4.23. The molecule has 10 nitrogen and oxygen atoms in total. The zero-order valence-corrected chi connectivity index (χ0v) is 25.2. The van der Waals surface area contributed by atoms with E-state index in [1.807, 2.05) is 36.4 Å². The molecule has 3 aromatic carbocycles. The van der Waals surface area contributed by atoms with Crippen LogP contribution in [0.2, 0.25) is 0 Å². The van der Waals surface area contributed by atoms with Gasteiger partial charge in [-0.25, -0.2) is 9.97 Å². The van der Waals surface area contributed by atoms with Crippen molar-refractivity contribution in [3.8, 4) is 40.3 Å². The van der Waals surface area contributed by atoms with Gasteiger partial charge in [-0.05, 0) is 54.0 Å². The molecule has 11 heteroatoms. The number of aromatic nitrogens is 3. The summed E-state index contributed by atoms with van der Waals surface area (Å²) in [6.07, 6.45) is 1.44. The van der Waals surface area contributed by atoms with Gasteiger partial charge in [0, 0.05) is 11.8 Å². The van der Waals surface area contributed by atoms with Crippen LogP contribution in [0.5, 0.6) is 28.9 Å². The summed E-state index contributed by atoms with van der Waals surface area (Å²) < 4.78 is 52.7. The van der Waals surface area contributed by atoms with Crippen molar-refractivity contribution in [2.45, 2.75) is 18.6 Å². The van der Waals surface area contributed by atoms with Gasteiger partial charge in [-0.3, -0.25) is 4.72 Å². The quantitative estimate of drug-likeness (QED) is 0.163. The number of hydrogen-bond donors (Lipinski definition) is 1. The number of nitrogens with one attached hydrogen (secondary N) is 1. The zero-order chi connectivity index (χ0) is 31.1. The molecule has 0 bridgehead atoms. The molecule has 0 saturated heterocycles. The fourth-order valence-corrected chi connectivity index (χ4v) is 5.04. The van der Waals surface area contributed by atoms with E-state index in [1.165, 1.54) is 26.5 Å². The molecule has 0 aliphatic heterocycles. The Morgan fingerprint density at radius 1 is 0.864 bits per heavy atom. The summed E-state index contributed by atoms with van der Waals surface area (Å²) in [5, 5.41) is -0.221. The number of methoxy groups -OCH3 is 2. The van der Waals surface area contributed by atoms with Gasteiger partial charge in [0.05, 0.1) is 14.2 Å². The Hall–Kier alpha value is -5.42. The van der Waals surface area contributed by atoms with Gasteiger partial charge in [0.15, 0.2) is 28.2 Å². The molecule has 0 saturated carbocycles. The molecule has 0 radical (unpaired) electrons. The normalized spacial score (nSPS) is 11.0. The van der Waals surface area contributed by atoms with Crippen molar-refractivity contribution in [3.05, 3.63) is 115 Å². The van der Waals surface area contributed by atoms with Gasteiger partial charge >= 0.3 is 0 Å². The average Bonchev–Trinajstić information content (AvgIpc) is 3.05. The van der Waals surface area contributed by atoms with Crippen molar-refractivity contribution < 1.29 is 27.4 Å². The third kappa shape index (κ3) is 6.96. The number of para-hydroxylation sites is 2. The van der Waals surface area contributed by atoms with Crippen molar-refractivity contribution >= 4 is 21.4 Å². The molecule has 0 fully saturated rings. The number of benzene rings is 3. The molecule has 0 unspecified atom stereocenters. The third-order valence-electron chi connectivity index (χ3n) is 6.38. The van der Waals surface area contributed by atoms with Crippen molar-refractivity contribution in [1.29, 1.82) is 0 Å². The minimum absolute atomic E-state index is 0.0141. The van der Waals surface area contributed by atoms with Gasteiger partial charge in [-0.1, -0.05) is 67.2 Å². The lowest BCUT2D eigenvalue weighted by Crippen LogP contribution is -2.17. The summed E-state index contributed by atoms with van der Waals surface area (Å²) in [5.41, 5.74) is 3.03. The van der Waals surface area contributed by atoms with Crippen LogP contribution < -0.4 is 23.7 Å². The first kappa shape index (κ1) is 30.1. The second-order valence-corrected chi connectivity index (χ2v) is 11.2. The molecule has 5 rings (SSSR count). The van der Waals surface area contributed by atoms with E-state index in [1.54, 1.807) is 55.5 Å². The maximum atomic E-state index is 13.5. The lowest BCUT2D eigenvalue weighted by Gasteiger charge is -2.17. The molecule has 0 aliphatic carbocycles. The van der Waals surface area contributed by atoms with E-state index >= 15 is 0 Å². The Kier molecular flexibility index (Phi) is 9.06. The molecule has 2 aromatic heterocycles. The first-order valence-electron chi connectivity index (χ1n) is 13.5. The van der Waals surface area contributed by atoms with Crippen LogP contribution in [0.4, 0.5) is 5.82 Å². The van der Waals surface area contributed by atoms with Gasteiger partial charge in [-0.2, -0.15) is 13.4 Å². The van der Waals surface area contributed by atoms with Gasteiger partial charge in [0.2, 0.25) is 5.75 Å². The number of anilines is 1. The maximum absolute atomic E-state index is 13.5. The molecule has 0 amide bonds. The first-order chi connectivity index (χ1) is 21.3.